The van der Waals surface area contributed by atoms with E-state index in [1.54, 1.807) is 24.3 Å². The molecule has 0 spiro atoms. The molecule has 0 aliphatic carbocycles. The Morgan fingerprint density at radius 3 is 2.29 bits per heavy atom. The number of benzene rings is 1. The van der Waals surface area contributed by atoms with Crippen molar-refractivity contribution in [2.75, 3.05) is 13.1 Å². The lowest BCUT2D eigenvalue weighted by molar-refractivity contribution is 0.222. The topological polar surface area (TPSA) is 61.8 Å². The maximum atomic E-state index is 12.1. The summed E-state index contributed by atoms with van der Waals surface area (Å²) >= 11 is 3.28. The molecule has 1 N–H and O–H groups in total. The third-order valence-corrected chi connectivity index (χ3v) is 5.31. The van der Waals surface area contributed by atoms with Crippen LogP contribution in [0, 0.1) is 0 Å². The third-order valence-electron chi connectivity index (χ3n) is 3.55. The van der Waals surface area contributed by atoms with Crippen molar-refractivity contribution in [1.82, 2.24) is 9.73 Å². The van der Waals surface area contributed by atoms with Crippen molar-refractivity contribution in [3.05, 3.63) is 28.7 Å². The zero-order chi connectivity index (χ0) is 15.5. The smallest absolute Gasteiger partial charge is 0.276 e. The fraction of sp³-hybridized carbons (Fsp3) is 0.500. The molecule has 21 heavy (non-hydrogen) atoms. The van der Waals surface area contributed by atoms with Crippen LogP contribution in [0.5, 0.6) is 0 Å². The minimum Gasteiger partial charge on any atom is -0.300 e. The molecule has 1 aliphatic heterocycles. The molecule has 1 aromatic rings. The summed E-state index contributed by atoms with van der Waals surface area (Å²) in [4.78, 5) is 4.92. The van der Waals surface area contributed by atoms with Gasteiger partial charge in [0, 0.05) is 42.2 Å². The van der Waals surface area contributed by atoms with Gasteiger partial charge in [0.25, 0.3) is 10.0 Å². The van der Waals surface area contributed by atoms with E-state index in [4.69, 9.17) is 0 Å². The van der Waals surface area contributed by atoms with Crippen LogP contribution in [0.3, 0.4) is 0 Å². The van der Waals surface area contributed by atoms with E-state index in [-0.39, 0.29) is 4.90 Å². The first-order valence-corrected chi connectivity index (χ1v) is 9.23. The first-order valence-electron chi connectivity index (χ1n) is 6.95. The Morgan fingerprint density at radius 2 is 1.76 bits per heavy atom. The highest BCUT2D eigenvalue weighted by Crippen LogP contribution is 2.15. The van der Waals surface area contributed by atoms with Crippen molar-refractivity contribution >= 4 is 31.7 Å². The molecule has 0 saturated carbocycles. The van der Waals surface area contributed by atoms with E-state index in [0.29, 0.717) is 6.04 Å². The molecule has 116 valence electrons. The number of sulfonamides is 1. The molecule has 0 radical (unpaired) electrons. The van der Waals surface area contributed by atoms with Gasteiger partial charge in [-0.2, -0.15) is 13.5 Å². The van der Waals surface area contributed by atoms with Crippen molar-refractivity contribution in [1.29, 1.82) is 0 Å². The number of hydrogen-bond acceptors (Lipinski definition) is 4. The Labute approximate surface area is 134 Å². The Bertz CT molecular complexity index is 602. The van der Waals surface area contributed by atoms with Crippen LogP contribution in [0.1, 0.15) is 26.7 Å². The van der Waals surface area contributed by atoms with E-state index in [2.05, 4.69) is 44.6 Å². The average Bonchev–Trinajstić information content (AvgIpc) is 2.46. The molecule has 7 heteroatoms. The second kappa shape index (κ2) is 6.89. The van der Waals surface area contributed by atoms with Gasteiger partial charge in [-0.25, -0.2) is 4.83 Å². The number of rotatable bonds is 4. The molecule has 1 fully saturated rings. The van der Waals surface area contributed by atoms with E-state index in [1.807, 2.05) is 0 Å². The molecule has 0 amide bonds. The maximum Gasteiger partial charge on any atom is 0.276 e. The largest absolute Gasteiger partial charge is 0.300 e. The highest BCUT2D eigenvalue weighted by atomic mass is 79.9. The van der Waals surface area contributed by atoms with Gasteiger partial charge in [-0.15, -0.1) is 0 Å². The first-order chi connectivity index (χ1) is 9.88. The number of hydrogen-bond donors (Lipinski definition) is 1. The highest BCUT2D eigenvalue weighted by Gasteiger charge is 2.18. The summed E-state index contributed by atoms with van der Waals surface area (Å²) in [7, 11) is -3.58. The van der Waals surface area contributed by atoms with Gasteiger partial charge in [0.15, 0.2) is 0 Å². The van der Waals surface area contributed by atoms with Crippen molar-refractivity contribution in [2.45, 2.75) is 37.6 Å². The maximum absolute atomic E-state index is 12.1. The van der Waals surface area contributed by atoms with Crippen molar-refractivity contribution in [3.8, 4) is 0 Å². The van der Waals surface area contributed by atoms with Gasteiger partial charge < -0.3 is 4.90 Å². The van der Waals surface area contributed by atoms with Crippen LogP contribution in [0.25, 0.3) is 0 Å². The van der Waals surface area contributed by atoms with Crippen LogP contribution in [-0.4, -0.2) is 38.2 Å². The van der Waals surface area contributed by atoms with E-state index in [9.17, 15) is 8.42 Å². The number of nitrogens with one attached hydrogen (secondary N) is 1. The van der Waals surface area contributed by atoms with Gasteiger partial charge >= 0.3 is 0 Å². The molecule has 0 bridgehead atoms. The standard InChI is InChI=1S/C14H20BrN3O2S/c1-11(2)18-9-7-13(8-10-18)16-17-21(19,20)14-5-3-12(15)4-6-14/h3-6,11,17H,7-10H2,1-2H3. The first kappa shape index (κ1) is 16.5. The Morgan fingerprint density at radius 1 is 1.19 bits per heavy atom. The van der Waals surface area contributed by atoms with E-state index in [1.165, 1.54) is 0 Å². The molecule has 1 aromatic carbocycles. The second-order valence-electron chi connectivity index (χ2n) is 5.36. The quantitative estimate of drug-likeness (QED) is 0.825. The van der Waals surface area contributed by atoms with E-state index >= 15 is 0 Å². The summed E-state index contributed by atoms with van der Waals surface area (Å²) in [5.41, 5.74) is 0.910. The lowest BCUT2D eigenvalue weighted by Crippen LogP contribution is -2.39. The van der Waals surface area contributed by atoms with Crippen molar-refractivity contribution in [3.63, 3.8) is 0 Å². The molecule has 1 saturated heterocycles. The molecule has 5 nitrogen and oxygen atoms in total. The summed E-state index contributed by atoms with van der Waals surface area (Å²) in [5, 5.41) is 4.09. The van der Waals surface area contributed by atoms with Crippen LogP contribution in [0.15, 0.2) is 38.7 Å². The molecular weight excluding hydrogens is 354 g/mol. The van der Waals surface area contributed by atoms with Crippen LogP contribution < -0.4 is 4.83 Å². The lowest BCUT2D eigenvalue weighted by atomic mass is 10.1. The predicted octanol–water partition coefficient (Wildman–Crippen LogP) is 2.59. The zero-order valence-corrected chi connectivity index (χ0v) is 14.6. The monoisotopic (exact) mass is 373 g/mol. The van der Waals surface area contributed by atoms with Crippen molar-refractivity contribution in [2.24, 2.45) is 5.10 Å². The summed E-state index contributed by atoms with van der Waals surface area (Å²) in [6.07, 6.45) is 1.61. The van der Waals surface area contributed by atoms with Crippen molar-refractivity contribution < 1.29 is 8.42 Å². The Hall–Kier alpha value is -0.920. The van der Waals surface area contributed by atoms with Gasteiger partial charge in [0.2, 0.25) is 0 Å². The number of piperidine rings is 1. The summed E-state index contributed by atoms with van der Waals surface area (Å²) in [5.74, 6) is 0. The number of halogens is 1. The van der Waals surface area contributed by atoms with E-state index < -0.39 is 10.0 Å². The molecule has 1 heterocycles. The SMILES string of the molecule is CC(C)N1CCC(=NNS(=O)(=O)c2ccc(Br)cc2)CC1. The lowest BCUT2D eigenvalue weighted by Gasteiger charge is -2.30. The Kier molecular flexibility index (Phi) is 5.40. The Balaban J connectivity index is 1.99. The van der Waals surface area contributed by atoms with Crippen LogP contribution in [0.4, 0.5) is 0 Å². The summed E-state index contributed by atoms with van der Waals surface area (Å²) in [6, 6.07) is 7.01. The zero-order valence-electron chi connectivity index (χ0n) is 12.2. The molecule has 0 atom stereocenters. The van der Waals surface area contributed by atoms with Crippen LogP contribution >= 0.6 is 15.9 Å². The summed E-state index contributed by atoms with van der Waals surface area (Å²) in [6.45, 7) is 6.18. The molecule has 0 aromatic heterocycles. The predicted molar refractivity (Wildman–Crippen MR) is 87.8 cm³/mol. The molecule has 2 rings (SSSR count). The summed E-state index contributed by atoms with van der Waals surface area (Å²) < 4.78 is 25.1. The normalized spacial score (nSPS) is 17.0. The highest BCUT2D eigenvalue weighted by molar-refractivity contribution is 9.10. The number of likely N-dealkylation sites (tertiary alicyclic amines) is 1. The minimum absolute atomic E-state index is 0.217. The molecule has 1 aliphatic rings. The third kappa shape index (κ3) is 4.52. The average molecular weight is 374 g/mol. The fourth-order valence-electron chi connectivity index (χ4n) is 2.20. The fourth-order valence-corrected chi connectivity index (χ4v) is 3.31. The van der Waals surface area contributed by atoms with Gasteiger partial charge in [-0.1, -0.05) is 15.9 Å². The number of nitrogens with zero attached hydrogens (tertiary/aromatic N) is 2. The second-order valence-corrected chi connectivity index (χ2v) is 7.93. The van der Waals surface area contributed by atoms with Gasteiger partial charge in [0.1, 0.15) is 0 Å². The molecular formula is C14H20BrN3O2S. The van der Waals surface area contributed by atoms with E-state index in [0.717, 1.165) is 36.1 Å². The van der Waals surface area contributed by atoms with Crippen LogP contribution in [0.2, 0.25) is 0 Å². The molecule has 0 unspecified atom stereocenters. The number of hydrazone groups is 1. The van der Waals surface area contributed by atoms with Gasteiger partial charge in [0.05, 0.1) is 4.90 Å². The van der Waals surface area contributed by atoms with Gasteiger partial charge in [-0.3, -0.25) is 0 Å². The minimum atomic E-state index is -3.58. The van der Waals surface area contributed by atoms with Crippen LogP contribution in [-0.2, 0) is 10.0 Å². The van der Waals surface area contributed by atoms with Gasteiger partial charge in [-0.05, 0) is 38.1 Å².